The summed E-state index contributed by atoms with van der Waals surface area (Å²) in [6.07, 6.45) is 2.28. The topological polar surface area (TPSA) is 119 Å². The summed E-state index contributed by atoms with van der Waals surface area (Å²) in [5, 5.41) is 2.45. The van der Waals surface area contributed by atoms with Crippen molar-refractivity contribution in [1.82, 2.24) is 19.5 Å². The van der Waals surface area contributed by atoms with Crippen LogP contribution in [0.25, 0.3) is 0 Å². The van der Waals surface area contributed by atoms with E-state index in [1.54, 1.807) is 0 Å². The number of hydrogen-bond acceptors (Lipinski definition) is 8. The van der Waals surface area contributed by atoms with Gasteiger partial charge in [-0.15, -0.1) is 0 Å². The Hall–Kier alpha value is -2.74. The maximum atomic E-state index is 13.8. The molecule has 0 unspecified atom stereocenters. The summed E-state index contributed by atoms with van der Waals surface area (Å²) in [5.41, 5.74) is 0.902. The Morgan fingerprint density at radius 3 is 2.50 bits per heavy atom. The SMILES string of the molecule is CS(=O)(=O)OCCn1cc(C2CC2)nc1C1CCN(c2ncnc3c2[C@H](C(F)(F)F)CC(=O)N3)CC1. The molecule has 1 aliphatic carbocycles. The fraction of sp³-hybridized carbons (Fsp3) is 0.636. The molecule has 10 nitrogen and oxygen atoms in total. The van der Waals surface area contributed by atoms with Crippen molar-refractivity contribution in [2.24, 2.45) is 0 Å². The molecule has 1 saturated carbocycles. The second-order valence-corrected chi connectivity index (χ2v) is 11.2. The average molecular weight is 529 g/mol. The first-order valence-corrected chi connectivity index (χ1v) is 13.7. The first kappa shape index (κ1) is 24.9. The third-order valence-corrected chi connectivity index (χ3v) is 7.46. The van der Waals surface area contributed by atoms with E-state index in [1.807, 2.05) is 15.7 Å². The Balaban J connectivity index is 1.34. The van der Waals surface area contributed by atoms with E-state index >= 15 is 0 Å². The minimum Gasteiger partial charge on any atom is -0.356 e. The fourth-order valence-corrected chi connectivity index (χ4v) is 5.35. The predicted molar refractivity (Wildman–Crippen MR) is 123 cm³/mol. The van der Waals surface area contributed by atoms with Crippen molar-refractivity contribution >= 4 is 27.7 Å². The lowest BCUT2D eigenvalue weighted by Crippen LogP contribution is -2.38. The Morgan fingerprint density at radius 1 is 1.14 bits per heavy atom. The summed E-state index contributed by atoms with van der Waals surface area (Å²) in [6.45, 7) is 1.26. The molecule has 0 spiro atoms. The Kier molecular flexibility index (Phi) is 6.43. The Bertz CT molecular complexity index is 1250. The van der Waals surface area contributed by atoms with E-state index in [2.05, 4.69) is 15.3 Å². The van der Waals surface area contributed by atoms with E-state index in [1.165, 1.54) is 6.33 Å². The predicted octanol–water partition coefficient (Wildman–Crippen LogP) is 2.90. The number of imidazole rings is 1. The van der Waals surface area contributed by atoms with Gasteiger partial charge in [0.25, 0.3) is 10.1 Å². The molecule has 0 bridgehead atoms. The minimum atomic E-state index is -4.59. The number of carbonyl (C=O) groups is 1. The van der Waals surface area contributed by atoms with Gasteiger partial charge in [-0.2, -0.15) is 21.6 Å². The molecule has 1 amide bonds. The number of nitrogens with zero attached hydrogens (tertiary/aromatic N) is 5. The van der Waals surface area contributed by atoms with Crippen molar-refractivity contribution in [3.8, 4) is 0 Å². The lowest BCUT2D eigenvalue weighted by Gasteiger charge is -2.36. The Labute approximate surface area is 206 Å². The molecular formula is C22H27F3N6O4S. The molecule has 1 atom stereocenters. The number of halogens is 3. The lowest BCUT2D eigenvalue weighted by atomic mass is 9.90. The fourth-order valence-electron chi connectivity index (χ4n) is 4.98. The summed E-state index contributed by atoms with van der Waals surface area (Å²) in [4.78, 5) is 26.6. The summed E-state index contributed by atoms with van der Waals surface area (Å²) in [6, 6.07) is 0. The van der Waals surface area contributed by atoms with Crippen LogP contribution >= 0.6 is 0 Å². The van der Waals surface area contributed by atoms with Crippen molar-refractivity contribution in [1.29, 1.82) is 0 Å². The van der Waals surface area contributed by atoms with E-state index < -0.39 is 34.5 Å². The van der Waals surface area contributed by atoms with E-state index in [0.717, 1.165) is 30.6 Å². The van der Waals surface area contributed by atoms with Gasteiger partial charge in [0.1, 0.15) is 23.8 Å². The maximum absolute atomic E-state index is 13.8. The standard InChI is InChI=1S/C22H27F3N6O4S/c1-36(33,34)35-9-8-31-11-16(13-2-3-13)28-20(31)14-4-6-30(7-5-14)21-18-15(22(23,24)25)10-17(32)29-19(18)26-12-27-21/h11-15H,2-10H2,1H3,(H,26,27,29,32)/t15-/m1/s1. The molecule has 4 heterocycles. The number of piperidine rings is 1. The van der Waals surface area contributed by atoms with Gasteiger partial charge in [0, 0.05) is 44.1 Å². The molecule has 2 fully saturated rings. The van der Waals surface area contributed by atoms with Gasteiger partial charge >= 0.3 is 6.18 Å². The maximum Gasteiger partial charge on any atom is 0.396 e. The number of fused-ring (bicyclic) bond motifs is 1. The molecular weight excluding hydrogens is 501 g/mol. The quantitative estimate of drug-likeness (QED) is 0.545. The molecule has 2 aromatic heterocycles. The lowest BCUT2D eigenvalue weighted by molar-refractivity contribution is -0.156. The molecule has 5 rings (SSSR count). The van der Waals surface area contributed by atoms with Crippen LogP contribution in [0, 0.1) is 0 Å². The number of hydrogen-bond donors (Lipinski definition) is 1. The van der Waals surface area contributed by atoms with Gasteiger partial charge in [-0.1, -0.05) is 0 Å². The molecule has 2 aliphatic heterocycles. The summed E-state index contributed by atoms with van der Waals surface area (Å²) in [5.74, 6) is -1.23. The van der Waals surface area contributed by atoms with Crippen LogP contribution in [0.2, 0.25) is 0 Å². The number of carbonyl (C=O) groups excluding carboxylic acids is 1. The van der Waals surface area contributed by atoms with E-state index in [-0.39, 0.29) is 29.7 Å². The van der Waals surface area contributed by atoms with Crippen LogP contribution in [0.1, 0.15) is 66.9 Å². The highest BCUT2D eigenvalue weighted by atomic mass is 32.2. The summed E-state index contributed by atoms with van der Waals surface area (Å²) in [7, 11) is -3.55. The van der Waals surface area contributed by atoms with Crippen LogP contribution in [0.3, 0.4) is 0 Å². The molecule has 196 valence electrons. The smallest absolute Gasteiger partial charge is 0.356 e. The van der Waals surface area contributed by atoms with E-state index in [4.69, 9.17) is 9.17 Å². The third kappa shape index (κ3) is 5.33. The zero-order chi connectivity index (χ0) is 25.7. The van der Waals surface area contributed by atoms with Crippen LogP contribution in [0.5, 0.6) is 0 Å². The molecule has 14 heteroatoms. The monoisotopic (exact) mass is 528 g/mol. The number of nitrogens with one attached hydrogen (secondary N) is 1. The first-order valence-electron chi connectivity index (χ1n) is 11.9. The van der Waals surface area contributed by atoms with Gasteiger partial charge in [-0.3, -0.25) is 8.98 Å². The number of anilines is 2. The van der Waals surface area contributed by atoms with Gasteiger partial charge in [-0.05, 0) is 25.7 Å². The van der Waals surface area contributed by atoms with Crippen LogP contribution in [-0.4, -0.2) is 66.0 Å². The first-order chi connectivity index (χ1) is 17.0. The van der Waals surface area contributed by atoms with Crippen molar-refractivity contribution < 1.29 is 30.6 Å². The summed E-state index contributed by atoms with van der Waals surface area (Å²) >= 11 is 0. The average Bonchev–Trinajstić information content (AvgIpc) is 3.57. The highest BCUT2D eigenvalue weighted by Gasteiger charge is 2.48. The van der Waals surface area contributed by atoms with Crippen molar-refractivity contribution in [2.45, 2.75) is 62.6 Å². The second-order valence-electron chi connectivity index (χ2n) is 9.59. The molecule has 36 heavy (non-hydrogen) atoms. The van der Waals surface area contributed by atoms with Gasteiger partial charge in [0.2, 0.25) is 5.91 Å². The van der Waals surface area contributed by atoms with Gasteiger partial charge in [-0.25, -0.2) is 15.0 Å². The highest BCUT2D eigenvalue weighted by Crippen LogP contribution is 2.47. The second kappa shape index (κ2) is 9.29. The van der Waals surface area contributed by atoms with Crippen LogP contribution in [0.4, 0.5) is 24.8 Å². The molecule has 2 aromatic rings. The van der Waals surface area contributed by atoms with E-state index in [0.29, 0.717) is 38.4 Å². The minimum absolute atomic E-state index is 0.00275. The van der Waals surface area contributed by atoms with Crippen LogP contribution in [-0.2, 0) is 25.6 Å². The zero-order valence-electron chi connectivity index (χ0n) is 19.7. The highest BCUT2D eigenvalue weighted by molar-refractivity contribution is 7.85. The van der Waals surface area contributed by atoms with Crippen molar-refractivity contribution in [2.75, 3.05) is 36.2 Å². The number of alkyl halides is 3. The number of amides is 1. The third-order valence-electron chi connectivity index (χ3n) is 6.86. The van der Waals surface area contributed by atoms with Gasteiger partial charge in [0.05, 0.1) is 30.0 Å². The van der Waals surface area contributed by atoms with Crippen LogP contribution in [0.15, 0.2) is 12.5 Å². The normalized spacial score (nSPS) is 21.4. The van der Waals surface area contributed by atoms with Gasteiger partial charge < -0.3 is 14.8 Å². The molecule has 1 N–H and O–H groups in total. The molecule has 0 radical (unpaired) electrons. The summed E-state index contributed by atoms with van der Waals surface area (Å²) < 4.78 is 71.0. The van der Waals surface area contributed by atoms with Crippen molar-refractivity contribution in [3.63, 3.8) is 0 Å². The Morgan fingerprint density at radius 2 is 1.86 bits per heavy atom. The molecule has 0 aromatic carbocycles. The zero-order valence-corrected chi connectivity index (χ0v) is 20.5. The largest absolute Gasteiger partial charge is 0.396 e. The van der Waals surface area contributed by atoms with Crippen molar-refractivity contribution in [3.05, 3.63) is 29.6 Å². The van der Waals surface area contributed by atoms with Crippen LogP contribution < -0.4 is 10.2 Å². The van der Waals surface area contributed by atoms with E-state index in [9.17, 15) is 26.4 Å². The van der Waals surface area contributed by atoms with Gasteiger partial charge in [0.15, 0.2) is 0 Å². The number of rotatable bonds is 7. The molecule has 1 saturated heterocycles. The molecule has 3 aliphatic rings. The number of aromatic nitrogens is 4.